The molecule has 3 amide bonds. The third-order valence-corrected chi connectivity index (χ3v) is 8.53. The topological polar surface area (TPSA) is 162 Å². The monoisotopic (exact) mass is 544 g/mol. The molecule has 1 atom stereocenters. The van der Waals surface area contributed by atoms with E-state index < -0.39 is 33.2 Å². The molecule has 1 aliphatic rings. The first kappa shape index (κ1) is 26.5. The largest absolute Gasteiger partial charge is 0.444 e. The van der Waals surface area contributed by atoms with Crippen molar-refractivity contribution in [2.75, 3.05) is 12.8 Å². The highest BCUT2D eigenvalue weighted by atomic mass is 35.5. The minimum Gasteiger partial charge on any atom is -0.444 e. The van der Waals surface area contributed by atoms with Gasteiger partial charge in [-0.2, -0.15) is 0 Å². The summed E-state index contributed by atoms with van der Waals surface area (Å²) in [7, 11) is -2.57. The Hall–Kier alpha value is -3.10. The van der Waals surface area contributed by atoms with Gasteiger partial charge in [0.2, 0.25) is 22.4 Å². The van der Waals surface area contributed by atoms with Gasteiger partial charge in [-0.1, -0.05) is 11.6 Å². The van der Waals surface area contributed by atoms with E-state index in [0.717, 1.165) is 4.31 Å². The van der Waals surface area contributed by atoms with Crippen LogP contribution in [-0.4, -0.2) is 60.5 Å². The summed E-state index contributed by atoms with van der Waals surface area (Å²) in [5.41, 5.74) is 2.90. The van der Waals surface area contributed by atoms with Gasteiger partial charge in [0.15, 0.2) is 0 Å². The van der Waals surface area contributed by atoms with Gasteiger partial charge in [-0.05, 0) is 45.9 Å². The Labute approximate surface area is 211 Å². The molecule has 3 heterocycles. The van der Waals surface area contributed by atoms with Gasteiger partial charge in [-0.3, -0.25) is 25.8 Å². The van der Waals surface area contributed by atoms with Crippen LogP contribution in [0.2, 0.25) is 5.02 Å². The minimum absolute atomic E-state index is 0.190. The standard InChI is InChI=1S/C20H25ClN6O6S2/c1-19(2,3)33-18(30)24-17-25-20(4,9-35(31,32)27(17)5)15-11(21)8-14(34-15)12-6-7-13(23-12)16(29)26-22-10-28/h6-8,10,23H,9H2,1-5H3,(H,22,28)(H,26,29)(H,24,25,30)/t20-/m0/s1. The Bertz CT molecular complexity index is 1300. The third-order valence-electron chi connectivity index (χ3n) is 4.76. The summed E-state index contributed by atoms with van der Waals surface area (Å²) in [5.74, 6) is -1.13. The number of aromatic nitrogens is 1. The van der Waals surface area contributed by atoms with Gasteiger partial charge >= 0.3 is 6.09 Å². The Kier molecular flexibility index (Phi) is 7.20. The van der Waals surface area contributed by atoms with E-state index in [0.29, 0.717) is 21.9 Å². The lowest BCUT2D eigenvalue weighted by molar-refractivity contribution is -0.110. The maximum Gasteiger partial charge on any atom is 0.414 e. The van der Waals surface area contributed by atoms with E-state index in [2.05, 4.69) is 26.1 Å². The molecule has 0 fully saturated rings. The second kappa shape index (κ2) is 9.51. The van der Waals surface area contributed by atoms with Crippen molar-refractivity contribution in [1.82, 2.24) is 25.5 Å². The summed E-state index contributed by atoms with van der Waals surface area (Å²) in [6.07, 6.45) is -0.516. The van der Waals surface area contributed by atoms with Crippen LogP contribution in [0.5, 0.6) is 0 Å². The summed E-state index contributed by atoms with van der Waals surface area (Å²) in [6, 6.07) is 4.80. The highest BCUT2D eigenvalue weighted by Gasteiger charge is 2.44. The second-order valence-electron chi connectivity index (χ2n) is 8.85. The zero-order valence-electron chi connectivity index (χ0n) is 19.6. The number of carbonyl (C=O) groups excluding carboxylic acids is 3. The van der Waals surface area contributed by atoms with Crippen LogP contribution in [0.4, 0.5) is 4.79 Å². The fraction of sp³-hybridized carbons (Fsp3) is 0.400. The van der Waals surface area contributed by atoms with Crippen LogP contribution in [0, 0.1) is 0 Å². The SMILES string of the molecule is CN1C(NC(=O)OC(C)(C)C)=N[C@](C)(c2sc(-c3ccc(C(=O)NNC=O)[nH]3)cc2Cl)CS1(=O)=O. The van der Waals surface area contributed by atoms with Crippen molar-refractivity contribution in [3.05, 3.63) is 33.8 Å². The van der Waals surface area contributed by atoms with Crippen LogP contribution in [-0.2, 0) is 25.1 Å². The van der Waals surface area contributed by atoms with Crippen LogP contribution < -0.4 is 16.2 Å². The molecule has 0 bridgehead atoms. The van der Waals surface area contributed by atoms with Crippen molar-refractivity contribution < 1.29 is 27.5 Å². The van der Waals surface area contributed by atoms with Gasteiger partial charge in [0.25, 0.3) is 5.91 Å². The number of amides is 3. The van der Waals surface area contributed by atoms with Crippen molar-refractivity contribution >= 4 is 57.3 Å². The zero-order chi connectivity index (χ0) is 26.2. The zero-order valence-corrected chi connectivity index (χ0v) is 21.9. The van der Waals surface area contributed by atoms with E-state index in [1.807, 2.05) is 0 Å². The number of aliphatic imine (C=N–C) groups is 1. The number of guanidine groups is 1. The van der Waals surface area contributed by atoms with Crippen LogP contribution >= 0.6 is 22.9 Å². The quantitative estimate of drug-likeness (QED) is 0.333. The number of nitrogens with zero attached hydrogens (tertiary/aromatic N) is 2. The van der Waals surface area contributed by atoms with E-state index in [1.165, 1.54) is 24.5 Å². The number of hydrogen-bond acceptors (Lipinski definition) is 8. The molecule has 190 valence electrons. The smallest absolute Gasteiger partial charge is 0.414 e. The molecule has 2 aromatic rings. The molecule has 35 heavy (non-hydrogen) atoms. The molecular formula is C20H25ClN6O6S2. The molecule has 12 nitrogen and oxygen atoms in total. The average molecular weight is 545 g/mol. The van der Waals surface area contributed by atoms with Gasteiger partial charge in [-0.25, -0.2) is 22.5 Å². The first-order valence-corrected chi connectivity index (χ1v) is 13.0. The van der Waals surface area contributed by atoms with Gasteiger partial charge < -0.3 is 9.72 Å². The van der Waals surface area contributed by atoms with Gasteiger partial charge in [0.05, 0.1) is 26.2 Å². The molecule has 0 aliphatic carbocycles. The number of sulfonamides is 1. The van der Waals surface area contributed by atoms with Crippen LogP contribution in [0.25, 0.3) is 10.6 Å². The molecule has 0 radical (unpaired) electrons. The number of halogens is 1. The number of hydrazine groups is 1. The molecule has 0 spiro atoms. The second-order valence-corrected chi connectivity index (χ2v) is 12.3. The van der Waals surface area contributed by atoms with E-state index in [1.54, 1.807) is 39.8 Å². The number of hydrogen-bond donors (Lipinski definition) is 4. The van der Waals surface area contributed by atoms with Crippen molar-refractivity contribution in [2.24, 2.45) is 4.99 Å². The highest BCUT2D eigenvalue weighted by molar-refractivity contribution is 7.89. The molecule has 0 aromatic carbocycles. The summed E-state index contributed by atoms with van der Waals surface area (Å²) in [4.78, 5) is 43.2. The molecule has 3 rings (SSSR count). The number of thiophene rings is 1. The maximum absolute atomic E-state index is 12.9. The number of H-pyrrole nitrogens is 1. The van der Waals surface area contributed by atoms with Gasteiger partial charge in [0, 0.05) is 7.05 Å². The predicted molar refractivity (Wildman–Crippen MR) is 131 cm³/mol. The van der Waals surface area contributed by atoms with Gasteiger partial charge in [0.1, 0.15) is 16.8 Å². The Balaban J connectivity index is 1.95. The first-order chi connectivity index (χ1) is 16.1. The molecule has 4 N–H and O–H groups in total. The fourth-order valence-corrected chi connectivity index (χ4v) is 6.41. The maximum atomic E-state index is 12.9. The predicted octanol–water partition coefficient (Wildman–Crippen LogP) is 2.16. The summed E-state index contributed by atoms with van der Waals surface area (Å²) < 4.78 is 32.0. The van der Waals surface area contributed by atoms with E-state index in [-0.39, 0.29) is 22.4 Å². The third kappa shape index (κ3) is 5.94. The van der Waals surface area contributed by atoms with Crippen molar-refractivity contribution in [3.8, 4) is 10.6 Å². The number of carbonyl (C=O) groups is 3. The number of rotatable bonds is 5. The molecule has 15 heteroatoms. The fourth-order valence-electron chi connectivity index (χ4n) is 3.24. The number of alkyl carbamates (subject to hydrolysis) is 1. The number of ether oxygens (including phenoxy) is 1. The Morgan fingerprint density at radius 2 is 2.03 bits per heavy atom. The lowest BCUT2D eigenvalue weighted by atomic mass is 10.0. The summed E-state index contributed by atoms with van der Waals surface area (Å²) >= 11 is 7.70. The summed E-state index contributed by atoms with van der Waals surface area (Å²) in [6.45, 7) is 6.65. The number of aromatic amines is 1. The van der Waals surface area contributed by atoms with Crippen molar-refractivity contribution in [2.45, 2.75) is 38.8 Å². The van der Waals surface area contributed by atoms with Crippen molar-refractivity contribution in [1.29, 1.82) is 0 Å². The van der Waals surface area contributed by atoms with Crippen LogP contribution in [0.1, 0.15) is 43.1 Å². The van der Waals surface area contributed by atoms with E-state index in [4.69, 9.17) is 16.3 Å². The molecule has 0 unspecified atom stereocenters. The molecule has 0 saturated carbocycles. The van der Waals surface area contributed by atoms with Gasteiger partial charge in [-0.15, -0.1) is 11.3 Å². The average Bonchev–Trinajstić information content (AvgIpc) is 3.35. The highest BCUT2D eigenvalue weighted by Crippen LogP contribution is 2.44. The van der Waals surface area contributed by atoms with Crippen LogP contribution in [0.3, 0.4) is 0 Å². The lowest BCUT2D eigenvalue weighted by Crippen LogP contribution is -2.53. The molecule has 2 aromatic heterocycles. The normalized spacial score (nSPS) is 19.5. The molecule has 1 aliphatic heterocycles. The minimum atomic E-state index is -3.86. The van der Waals surface area contributed by atoms with E-state index >= 15 is 0 Å². The Morgan fingerprint density at radius 3 is 2.66 bits per heavy atom. The Morgan fingerprint density at radius 1 is 1.34 bits per heavy atom. The van der Waals surface area contributed by atoms with E-state index in [9.17, 15) is 22.8 Å². The molecule has 0 saturated heterocycles. The summed E-state index contributed by atoms with van der Waals surface area (Å²) in [5, 5.41) is 2.69. The lowest BCUT2D eigenvalue weighted by Gasteiger charge is -2.35. The van der Waals surface area contributed by atoms with Crippen molar-refractivity contribution in [3.63, 3.8) is 0 Å². The first-order valence-electron chi connectivity index (χ1n) is 10.2. The molecular weight excluding hydrogens is 520 g/mol. The van der Waals surface area contributed by atoms with Crippen LogP contribution in [0.15, 0.2) is 23.2 Å². The number of nitrogens with one attached hydrogen (secondary N) is 4.